The SMILES string of the molecule is Cc1cccc2c3cccc(C)c3n(-c3ccnc(-n4c5[c-]c(Oc6[c-]c(N7[CH-]N(C)C=N7)cc(C(C)(C)C)c6)ccc5c5ccccc54)c3)c12.[Pt]. The summed E-state index contributed by atoms with van der Waals surface area (Å²) in [6.45, 7) is 12.9. The van der Waals surface area contributed by atoms with Gasteiger partial charge in [0.2, 0.25) is 0 Å². The molecule has 1 aliphatic heterocycles. The van der Waals surface area contributed by atoms with Crippen LogP contribution >= 0.6 is 0 Å². The van der Waals surface area contributed by atoms with Crippen molar-refractivity contribution in [3.05, 3.63) is 139 Å². The van der Waals surface area contributed by atoms with E-state index in [1.807, 2.05) is 35.9 Å². The van der Waals surface area contributed by atoms with Gasteiger partial charge in [0.25, 0.3) is 0 Å². The van der Waals surface area contributed by atoms with Crippen LogP contribution in [0.3, 0.4) is 0 Å². The van der Waals surface area contributed by atoms with Crippen molar-refractivity contribution in [3.8, 4) is 23.0 Å². The molecule has 8 aromatic rings. The van der Waals surface area contributed by atoms with Gasteiger partial charge < -0.3 is 23.8 Å². The number of aryl methyl sites for hydroxylation is 2. The van der Waals surface area contributed by atoms with E-state index in [1.165, 1.54) is 32.9 Å². The van der Waals surface area contributed by atoms with Crippen LogP contribution in [0.15, 0.2) is 108 Å². The monoisotopic (exact) mass is 860 g/mol. The molecule has 262 valence electrons. The zero-order valence-corrected chi connectivity index (χ0v) is 32.1. The topological polar surface area (TPSA) is 50.8 Å². The van der Waals surface area contributed by atoms with Crippen LogP contribution in [-0.2, 0) is 26.5 Å². The first-order chi connectivity index (χ1) is 24.6. The number of anilines is 1. The van der Waals surface area contributed by atoms with Crippen LogP contribution in [-0.4, -0.2) is 32.4 Å². The summed E-state index contributed by atoms with van der Waals surface area (Å²) in [5, 5.41) is 11.0. The number of hydrazone groups is 1. The third kappa shape index (κ3) is 5.55. The van der Waals surface area contributed by atoms with Crippen LogP contribution < -0.4 is 9.75 Å². The molecule has 3 aromatic heterocycles. The molecule has 0 spiro atoms. The Bertz CT molecular complexity index is 2640. The van der Waals surface area contributed by atoms with Crippen LogP contribution in [0.25, 0.3) is 55.1 Å². The Hall–Kier alpha value is -5.39. The average molecular weight is 861 g/mol. The second-order valence-corrected chi connectivity index (χ2v) is 14.4. The van der Waals surface area contributed by atoms with E-state index in [0.29, 0.717) is 11.5 Å². The zero-order chi connectivity index (χ0) is 35.0. The van der Waals surface area contributed by atoms with Crippen molar-refractivity contribution in [1.29, 1.82) is 0 Å². The molecule has 0 aliphatic carbocycles. The molecule has 0 unspecified atom stereocenters. The van der Waals surface area contributed by atoms with Crippen molar-refractivity contribution in [1.82, 2.24) is 19.0 Å². The van der Waals surface area contributed by atoms with Crippen molar-refractivity contribution < 1.29 is 25.8 Å². The van der Waals surface area contributed by atoms with Gasteiger partial charge in [-0.3, -0.25) is 0 Å². The molecule has 0 saturated heterocycles. The van der Waals surface area contributed by atoms with Crippen molar-refractivity contribution in [3.63, 3.8) is 0 Å². The maximum absolute atomic E-state index is 6.59. The van der Waals surface area contributed by atoms with Crippen molar-refractivity contribution in [2.45, 2.75) is 40.0 Å². The minimum Gasteiger partial charge on any atom is -0.509 e. The molecule has 0 amide bonds. The van der Waals surface area contributed by atoms with E-state index in [9.17, 15) is 0 Å². The minimum absolute atomic E-state index is 0. The van der Waals surface area contributed by atoms with Crippen LogP contribution in [0.2, 0.25) is 0 Å². The maximum Gasteiger partial charge on any atom is 0.137 e. The van der Waals surface area contributed by atoms with Gasteiger partial charge in [0.15, 0.2) is 0 Å². The molecule has 8 heteroatoms. The summed E-state index contributed by atoms with van der Waals surface area (Å²) < 4.78 is 11.2. The first-order valence-corrected chi connectivity index (χ1v) is 17.2. The predicted molar refractivity (Wildman–Crippen MR) is 208 cm³/mol. The number of aromatic nitrogens is 3. The second-order valence-electron chi connectivity index (χ2n) is 14.4. The van der Waals surface area contributed by atoms with Crippen molar-refractivity contribution in [2.24, 2.45) is 5.10 Å². The summed E-state index contributed by atoms with van der Waals surface area (Å²) in [7, 11) is 1.95. The molecular formula is C44H37N6OPt-3. The van der Waals surface area contributed by atoms with E-state index in [2.05, 4.69) is 152 Å². The summed E-state index contributed by atoms with van der Waals surface area (Å²) in [5.41, 5.74) is 9.68. The number of ether oxygens (including phenoxy) is 1. The maximum atomic E-state index is 6.59. The Morgan fingerprint density at radius 1 is 0.712 bits per heavy atom. The Morgan fingerprint density at radius 3 is 2.12 bits per heavy atom. The molecule has 5 aromatic carbocycles. The molecule has 7 nitrogen and oxygen atoms in total. The summed E-state index contributed by atoms with van der Waals surface area (Å²) in [6, 6.07) is 41.2. The van der Waals surface area contributed by atoms with Crippen LogP contribution in [0, 0.1) is 32.6 Å². The number of nitrogens with zero attached hydrogens (tertiary/aromatic N) is 6. The number of hydrogen-bond acceptors (Lipinski definition) is 5. The molecule has 0 atom stereocenters. The summed E-state index contributed by atoms with van der Waals surface area (Å²) in [5.74, 6) is 2.00. The fraction of sp³-hybridized carbons (Fsp3) is 0.159. The molecule has 0 radical (unpaired) electrons. The van der Waals surface area contributed by atoms with E-state index in [-0.39, 0.29) is 26.5 Å². The van der Waals surface area contributed by atoms with Crippen molar-refractivity contribution in [2.75, 3.05) is 12.1 Å². The predicted octanol–water partition coefficient (Wildman–Crippen LogP) is 10.4. The largest absolute Gasteiger partial charge is 0.509 e. The number of hydrogen-bond donors (Lipinski definition) is 0. The van der Waals surface area contributed by atoms with Crippen LogP contribution in [0.5, 0.6) is 11.5 Å². The van der Waals surface area contributed by atoms with E-state index in [4.69, 9.17) is 9.72 Å². The third-order valence-electron chi connectivity index (χ3n) is 9.80. The summed E-state index contributed by atoms with van der Waals surface area (Å²) in [4.78, 5) is 6.88. The van der Waals surface area contributed by atoms with Gasteiger partial charge in [-0.05, 0) is 55.0 Å². The normalized spacial score (nSPS) is 13.2. The van der Waals surface area contributed by atoms with Gasteiger partial charge in [-0.1, -0.05) is 86.6 Å². The molecule has 0 saturated carbocycles. The van der Waals surface area contributed by atoms with Gasteiger partial charge in [0.1, 0.15) is 5.82 Å². The number of pyridine rings is 1. The number of rotatable bonds is 5. The minimum atomic E-state index is -0.110. The fourth-order valence-corrected chi connectivity index (χ4v) is 7.31. The Morgan fingerprint density at radius 2 is 1.42 bits per heavy atom. The van der Waals surface area contributed by atoms with Gasteiger partial charge in [0.05, 0.1) is 23.1 Å². The van der Waals surface area contributed by atoms with Gasteiger partial charge in [0, 0.05) is 61.1 Å². The molecule has 9 rings (SSSR count). The van der Waals surface area contributed by atoms with Crippen LogP contribution in [0.1, 0.15) is 37.5 Å². The van der Waals surface area contributed by atoms with Gasteiger partial charge >= 0.3 is 0 Å². The second kappa shape index (κ2) is 12.7. The Labute approximate surface area is 318 Å². The zero-order valence-electron chi connectivity index (χ0n) is 29.9. The van der Waals surface area contributed by atoms with E-state index < -0.39 is 0 Å². The number of fused-ring (bicyclic) bond motifs is 6. The Kier molecular flexibility index (Phi) is 8.22. The average Bonchev–Trinajstić information content (AvgIpc) is 3.81. The number of para-hydroxylation sites is 3. The summed E-state index contributed by atoms with van der Waals surface area (Å²) in [6.07, 6.45) is 3.68. The molecular weight excluding hydrogens is 824 g/mol. The quantitative estimate of drug-likeness (QED) is 0.162. The molecule has 52 heavy (non-hydrogen) atoms. The van der Waals surface area contributed by atoms with Crippen molar-refractivity contribution >= 4 is 55.6 Å². The van der Waals surface area contributed by atoms with E-state index in [0.717, 1.165) is 44.6 Å². The van der Waals surface area contributed by atoms with Gasteiger partial charge in [-0.2, -0.15) is 11.2 Å². The first kappa shape index (κ1) is 33.7. The molecule has 0 bridgehead atoms. The third-order valence-corrected chi connectivity index (χ3v) is 9.80. The van der Waals surface area contributed by atoms with Gasteiger partial charge in [-0.15, -0.1) is 48.0 Å². The molecule has 4 heterocycles. The van der Waals surface area contributed by atoms with Gasteiger partial charge in [-0.25, -0.2) is 4.98 Å². The molecule has 0 fully saturated rings. The smallest absolute Gasteiger partial charge is 0.137 e. The Balaban J connectivity index is 0.00000387. The fourth-order valence-electron chi connectivity index (χ4n) is 7.31. The number of benzene rings is 5. The summed E-state index contributed by atoms with van der Waals surface area (Å²) >= 11 is 0. The molecule has 0 N–H and O–H groups in total. The standard InChI is InChI=1S/C44H37N6O.Pt/c1-28-11-9-14-37-38-15-10-12-29(2)43(38)49(42(28)37)31-19-20-45-41(24-31)50-39-16-8-7-13-35(39)36-18-17-33(25-40(36)50)51-34-22-30(44(3,4)5)21-32(23-34)48-27-47(6)26-46-48;/h7-22,24,26-27H,1-6H3;/q-3;. The first-order valence-electron chi connectivity index (χ1n) is 17.2. The van der Waals surface area contributed by atoms with E-state index in [1.54, 1.807) is 6.34 Å². The molecule has 1 aliphatic rings. The van der Waals surface area contributed by atoms with E-state index >= 15 is 0 Å². The van der Waals surface area contributed by atoms with Crippen LogP contribution in [0.4, 0.5) is 5.69 Å².